The normalized spacial score (nSPS) is 31.8. The molecule has 0 bridgehead atoms. The number of hydrogen-bond donors (Lipinski definition) is 1. The lowest BCUT2D eigenvalue weighted by Gasteiger charge is -2.22. The Kier molecular flexibility index (Phi) is 5.24. The van der Waals surface area contributed by atoms with Gasteiger partial charge in [0.2, 0.25) is 6.04 Å². The highest BCUT2D eigenvalue weighted by Gasteiger charge is 2.27. The summed E-state index contributed by atoms with van der Waals surface area (Å²) in [7, 11) is 0. The molecule has 0 aromatic carbocycles. The second-order valence-electron chi connectivity index (χ2n) is 5.18. The van der Waals surface area contributed by atoms with E-state index in [9.17, 15) is 10.1 Å². The van der Waals surface area contributed by atoms with Crippen LogP contribution in [-0.2, 0) is 0 Å². The minimum atomic E-state index is -0.322. The lowest BCUT2D eigenvalue weighted by atomic mass is 9.86. The summed E-state index contributed by atoms with van der Waals surface area (Å²) in [5, 5.41) is 14.6. The van der Waals surface area contributed by atoms with Crippen molar-refractivity contribution >= 4 is 17.6 Å². The van der Waals surface area contributed by atoms with Gasteiger partial charge in [-0.05, 0) is 31.1 Å². The molecular formula is C13H21N3O2S. The van der Waals surface area contributed by atoms with Gasteiger partial charge in [-0.2, -0.15) is 11.8 Å². The first-order chi connectivity index (χ1) is 9.19. The maximum absolute atomic E-state index is 10.7. The summed E-state index contributed by atoms with van der Waals surface area (Å²) < 4.78 is 0. The van der Waals surface area contributed by atoms with Crippen molar-refractivity contribution in [3.05, 3.63) is 22.3 Å². The summed E-state index contributed by atoms with van der Waals surface area (Å²) in [4.78, 5) is 15.1. The number of nitrogens with zero attached hydrogens (tertiary/aromatic N) is 2. The van der Waals surface area contributed by atoms with E-state index in [1.807, 2.05) is 17.8 Å². The number of aliphatic imine (C=N–C) groups is 1. The van der Waals surface area contributed by atoms with Gasteiger partial charge in [0.05, 0.1) is 6.54 Å². The zero-order valence-electron chi connectivity index (χ0n) is 11.2. The van der Waals surface area contributed by atoms with Crippen molar-refractivity contribution in [2.75, 3.05) is 19.3 Å². The van der Waals surface area contributed by atoms with Crippen molar-refractivity contribution < 1.29 is 4.92 Å². The summed E-state index contributed by atoms with van der Waals surface area (Å²) in [6.45, 7) is 1.85. The number of nitrogens with one attached hydrogen (secondary N) is 1. The minimum Gasteiger partial charge on any atom is -0.369 e. The fourth-order valence-corrected chi connectivity index (χ4v) is 3.01. The largest absolute Gasteiger partial charge is 0.369 e. The molecule has 0 aromatic heterocycles. The zero-order valence-corrected chi connectivity index (χ0v) is 12.1. The van der Waals surface area contributed by atoms with Crippen molar-refractivity contribution in [3.63, 3.8) is 0 Å². The summed E-state index contributed by atoms with van der Waals surface area (Å²) in [6.07, 6.45) is 9.57. The minimum absolute atomic E-state index is 0.130. The summed E-state index contributed by atoms with van der Waals surface area (Å²) in [5.41, 5.74) is 0. The third kappa shape index (κ3) is 4.23. The van der Waals surface area contributed by atoms with Crippen LogP contribution in [0.25, 0.3) is 0 Å². The predicted molar refractivity (Wildman–Crippen MR) is 79.5 cm³/mol. The molecule has 2 rings (SSSR count). The molecule has 106 valence electrons. The number of thioether (sulfide) groups is 1. The van der Waals surface area contributed by atoms with E-state index >= 15 is 0 Å². The van der Waals surface area contributed by atoms with Gasteiger partial charge in [0.15, 0.2) is 0 Å². The van der Waals surface area contributed by atoms with Crippen LogP contribution in [0.15, 0.2) is 17.1 Å². The first kappa shape index (κ1) is 14.4. The lowest BCUT2D eigenvalue weighted by Crippen LogP contribution is -2.36. The first-order valence-corrected chi connectivity index (χ1v) is 8.10. The van der Waals surface area contributed by atoms with Gasteiger partial charge >= 0.3 is 0 Å². The van der Waals surface area contributed by atoms with Crippen LogP contribution in [0.1, 0.15) is 25.7 Å². The summed E-state index contributed by atoms with van der Waals surface area (Å²) >= 11 is 1.84. The van der Waals surface area contributed by atoms with Crippen LogP contribution >= 0.6 is 11.8 Å². The smallest absolute Gasteiger partial charge is 0.213 e. The van der Waals surface area contributed by atoms with E-state index in [1.54, 1.807) is 0 Å². The summed E-state index contributed by atoms with van der Waals surface area (Å²) in [5.74, 6) is 1.43. The van der Waals surface area contributed by atoms with Crippen LogP contribution in [0, 0.1) is 16.0 Å². The van der Waals surface area contributed by atoms with Crippen LogP contribution in [-0.4, -0.2) is 41.4 Å². The Labute approximate surface area is 118 Å². The Bertz CT molecular complexity index is 376. The average molecular weight is 283 g/mol. The third-order valence-corrected chi connectivity index (χ3v) is 4.86. The van der Waals surface area contributed by atoms with Crippen LogP contribution in [0.4, 0.5) is 0 Å². The standard InChI is InChI=1S/C13H21N3O2S/c1-19-12-8-14-13(15-9-12)7-4-10-2-5-11(6-3-10)16(17)18/h4,7,10-12H,2-3,5-6,8-9H2,1H3,(H,14,15)/b7-4+. The van der Waals surface area contributed by atoms with E-state index in [4.69, 9.17) is 0 Å². The molecule has 1 N–H and O–H groups in total. The van der Waals surface area contributed by atoms with Crippen molar-refractivity contribution in [1.29, 1.82) is 0 Å². The van der Waals surface area contributed by atoms with Crippen LogP contribution in [0.2, 0.25) is 0 Å². The number of hydrogen-bond acceptors (Lipinski definition) is 5. The Hall–Kier alpha value is -1.04. The van der Waals surface area contributed by atoms with E-state index < -0.39 is 0 Å². The SMILES string of the molecule is CSC1CN=C(/C=C/C2CCC([N+](=O)[O-])CC2)NC1. The molecule has 6 heteroatoms. The molecule has 0 aromatic rings. The van der Waals surface area contributed by atoms with Crippen molar-refractivity contribution in [2.24, 2.45) is 10.9 Å². The van der Waals surface area contributed by atoms with Crippen molar-refractivity contribution in [2.45, 2.75) is 37.0 Å². The van der Waals surface area contributed by atoms with Crippen LogP contribution in [0.3, 0.4) is 0 Å². The molecule has 1 atom stereocenters. The maximum atomic E-state index is 10.7. The quantitative estimate of drug-likeness (QED) is 0.634. The molecule has 1 saturated carbocycles. The fourth-order valence-electron chi connectivity index (χ4n) is 2.54. The van der Waals surface area contributed by atoms with E-state index in [-0.39, 0.29) is 11.0 Å². The lowest BCUT2D eigenvalue weighted by molar-refractivity contribution is -0.526. The molecule has 0 spiro atoms. The molecule has 1 aliphatic carbocycles. The zero-order chi connectivity index (χ0) is 13.7. The van der Waals surface area contributed by atoms with Crippen LogP contribution in [0.5, 0.6) is 0 Å². The van der Waals surface area contributed by atoms with E-state index in [0.29, 0.717) is 24.0 Å². The third-order valence-electron chi connectivity index (χ3n) is 3.88. The highest BCUT2D eigenvalue weighted by atomic mass is 32.2. The maximum Gasteiger partial charge on any atom is 0.213 e. The van der Waals surface area contributed by atoms with Crippen LogP contribution < -0.4 is 5.32 Å². The van der Waals surface area contributed by atoms with E-state index in [1.165, 1.54) is 0 Å². The number of rotatable bonds is 4. The molecule has 2 aliphatic rings. The molecule has 1 heterocycles. The van der Waals surface area contributed by atoms with Gasteiger partial charge in [-0.25, -0.2) is 0 Å². The molecule has 19 heavy (non-hydrogen) atoms. The van der Waals surface area contributed by atoms with Crippen molar-refractivity contribution in [3.8, 4) is 0 Å². The Balaban J connectivity index is 1.78. The molecule has 1 fully saturated rings. The monoisotopic (exact) mass is 283 g/mol. The predicted octanol–water partition coefficient (Wildman–Crippen LogP) is 2.11. The molecular weight excluding hydrogens is 262 g/mol. The average Bonchev–Trinajstić information content (AvgIpc) is 2.46. The Morgan fingerprint density at radius 1 is 1.42 bits per heavy atom. The van der Waals surface area contributed by atoms with E-state index in [0.717, 1.165) is 31.8 Å². The molecule has 1 aliphatic heterocycles. The topological polar surface area (TPSA) is 67.5 Å². The van der Waals surface area contributed by atoms with Gasteiger partial charge in [0.25, 0.3) is 0 Å². The Morgan fingerprint density at radius 3 is 2.68 bits per heavy atom. The Morgan fingerprint density at radius 2 is 2.16 bits per heavy atom. The molecule has 0 amide bonds. The number of allylic oxidation sites excluding steroid dienone is 1. The van der Waals surface area contributed by atoms with Gasteiger partial charge in [-0.1, -0.05) is 6.08 Å². The first-order valence-electron chi connectivity index (χ1n) is 6.82. The van der Waals surface area contributed by atoms with Gasteiger partial charge in [0.1, 0.15) is 5.84 Å². The molecule has 0 saturated heterocycles. The second-order valence-corrected chi connectivity index (χ2v) is 6.32. The molecule has 0 radical (unpaired) electrons. The number of amidine groups is 1. The fraction of sp³-hybridized carbons (Fsp3) is 0.769. The summed E-state index contributed by atoms with van der Waals surface area (Å²) in [6, 6.07) is -0.322. The van der Waals surface area contributed by atoms with Gasteiger partial charge in [-0.3, -0.25) is 15.1 Å². The van der Waals surface area contributed by atoms with E-state index in [2.05, 4.69) is 22.6 Å². The highest BCUT2D eigenvalue weighted by molar-refractivity contribution is 7.99. The highest BCUT2D eigenvalue weighted by Crippen LogP contribution is 2.26. The van der Waals surface area contributed by atoms with Gasteiger partial charge in [-0.15, -0.1) is 0 Å². The second kappa shape index (κ2) is 6.93. The van der Waals surface area contributed by atoms with Gasteiger partial charge < -0.3 is 5.32 Å². The van der Waals surface area contributed by atoms with Gasteiger partial charge in [0, 0.05) is 29.6 Å². The molecule has 1 unspecified atom stereocenters. The molecule has 5 nitrogen and oxygen atoms in total. The number of nitro groups is 1. The van der Waals surface area contributed by atoms with Crippen molar-refractivity contribution in [1.82, 2.24) is 5.32 Å².